The van der Waals surface area contributed by atoms with Crippen LogP contribution in [0.1, 0.15) is 0 Å². The largest absolute Gasteiger partial charge is 0.497 e. The predicted molar refractivity (Wildman–Crippen MR) is 50.4 cm³/mol. The maximum absolute atomic E-state index is 5.25. The van der Waals surface area contributed by atoms with Gasteiger partial charge in [-0.1, -0.05) is 0 Å². The highest BCUT2D eigenvalue weighted by molar-refractivity contribution is 5.45. The van der Waals surface area contributed by atoms with Crippen LogP contribution in [0, 0.1) is 6.92 Å². The summed E-state index contributed by atoms with van der Waals surface area (Å²) in [6, 6.07) is 5.38. The number of ether oxygens (including phenoxy) is 3. The van der Waals surface area contributed by atoms with Crippen molar-refractivity contribution in [3.8, 4) is 17.2 Å². The van der Waals surface area contributed by atoms with Crippen LogP contribution < -0.4 is 14.2 Å². The van der Waals surface area contributed by atoms with Crippen LogP contribution in [-0.4, -0.2) is 20.8 Å². The Morgan fingerprint density at radius 1 is 1.15 bits per heavy atom. The van der Waals surface area contributed by atoms with E-state index in [9.17, 15) is 0 Å². The summed E-state index contributed by atoms with van der Waals surface area (Å²) in [6.45, 7) is 3.96. The maximum Gasteiger partial charge on any atom is 0.164 e. The van der Waals surface area contributed by atoms with E-state index in [0.717, 1.165) is 5.75 Å². The summed E-state index contributed by atoms with van der Waals surface area (Å²) < 4.78 is 15.4. The Hall–Kier alpha value is -1.38. The van der Waals surface area contributed by atoms with Crippen molar-refractivity contribution in [1.29, 1.82) is 0 Å². The molecule has 0 N–H and O–H groups in total. The van der Waals surface area contributed by atoms with Gasteiger partial charge in [0.25, 0.3) is 0 Å². The molecule has 1 aromatic rings. The summed E-state index contributed by atoms with van der Waals surface area (Å²) in [5, 5.41) is 0. The molecule has 3 heteroatoms. The molecule has 0 aliphatic heterocycles. The van der Waals surface area contributed by atoms with Gasteiger partial charge in [-0.3, -0.25) is 0 Å². The number of hydrogen-bond acceptors (Lipinski definition) is 3. The van der Waals surface area contributed by atoms with Crippen LogP contribution >= 0.6 is 0 Å². The molecule has 3 nitrogen and oxygen atoms in total. The number of hydrogen-bond donors (Lipinski definition) is 0. The number of methoxy groups -OCH3 is 2. The molecule has 0 unspecified atom stereocenters. The van der Waals surface area contributed by atoms with Gasteiger partial charge in [0, 0.05) is 6.07 Å². The molecule has 1 rings (SSSR count). The van der Waals surface area contributed by atoms with Crippen LogP contribution in [0.5, 0.6) is 17.2 Å². The Bertz CT molecular complexity index is 271. The minimum atomic E-state index is 0.365. The van der Waals surface area contributed by atoms with Crippen LogP contribution in [0.15, 0.2) is 18.2 Å². The highest BCUT2D eigenvalue weighted by Gasteiger charge is 2.04. The van der Waals surface area contributed by atoms with Crippen molar-refractivity contribution >= 4 is 0 Å². The average molecular weight is 181 g/mol. The van der Waals surface area contributed by atoms with Crippen LogP contribution in [0.25, 0.3) is 0 Å². The standard InChI is InChI=1S/C10H13O3/c1-4-13-10-7-8(11-2)5-6-9(10)12-3/h5-7H,1,4H2,2-3H3. The number of benzene rings is 1. The van der Waals surface area contributed by atoms with Crippen molar-refractivity contribution in [2.45, 2.75) is 0 Å². The van der Waals surface area contributed by atoms with Crippen molar-refractivity contribution in [3.05, 3.63) is 25.1 Å². The first-order valence-electron chi connectivity index (χ1n) is 3.96. The Balaban J connectivity index is 2.95. The molecule has 0 fully saturated rings. The molecule has 1 aromatic carbocycles. The Labute approximate surface area is 78.2 Å². The lowest BCUT2D eigenvalue weighted by Gasteiger charge is -2.09. The lowest BCUT2D eigenvalue weighted by molar-refractivity contribution is 0.321. The summed E-state index contributed by atoms with van der Waals surface area (Å²) in [4.78, 5) is 0. The molecule has 0 spiro atoms. The van der Waals surface area contributed by atoms with E-state index in [1.165, 1.54) is 0 Å². The molecule has 0 bridgehead atoms. The number of rotatable bonds is 4. The summed E-state index contributed by atoms with van der Waals surface area (Å²) in [7, 11) is 3.20. The average Bonchev–Trinajstić information content (AvgIpc) is 2.18. The first-order valence-corrected chi connectivity index (χ1v) is 3.96. The van der Waals surface area contributed by atoms with Crippen molar-refractivity contribution < 1.29 is 14.2 Å². The SMILES string of the molecule is [CH2]COc1cc(OC)ccc1OC. The quantitative estimate of drug-likeness (QED) is 0.710. The van der Waals surface area contributed by atoms with Crippen LogP contribution in [0.3, 0.4) is 0 Å². The highest BCUT2D eigenvalue weighted by atomic mass is 16.5. The lowest BCUT2D eigenvalue weighted by atomic mass is 10.3. The molecule has 0 atom stereocenters. The maximum atomic E-state index is 5.25. The molecule has 0 saturated heterocycles. The third kappa shape index (κ3) is 2.28. The van der Waals surface area contributed by atoms with Crippen LogP contribution in [-0.2, 0) is 0 Å². The van der Waals surface area contributed by atoms with E-state index in [0.29, 0.717) is 18.1 Å². The summed E-state index contributed by atoms with van der Waals surface area (Å²) in [5.74, 6) is 2.07. The third-order valence-corrected chi connectivity index (χ3v) is 1.63. The zero-order valence-electron chi connectivity index (χ0n) is 7.87. The fourth-order valence-electron chi connectivity index (χ4n) is 1.01. The second kappa shape index (κ2) is 4.60. The first-order chi connectivity index (χ1) is 6.31. The fraction of sp³-hybridized carbons (Fsp3) is 0.300. The van der Waals surface area contributed by atoms with E-state index in [4.69, 9.17) is 14.2 Å². The second-order valence-electron chi connectivity index (χ2n) is 2.37. The zero-order chi connectivity index (χ0) is 9.68. The molecule has 13 heavy (non-hydrogen) atoms. The molecular weight excluding hydrogens is 168 g/mol. The normalized spacial score (nSPS) is 9.46. The molecule has 0 aromatic heterocycles. The fourth-order valence-corrected chi connectivity index (χ4v) is 1.01. The van der Waals surface area contributed by atoms with Gasteiger partial charge >= 0.3 is 0 Å². The van der Waals surface area contributed by atoms with Gasteiger partial charge in [0.05, 0.1) is 20.8 Å². The highest BCUT2D eigenvalue weighted by Crippen LogP contribution is 2.30. The summed E-state index contributed by atoms with van der Waals surface area (Å²) in [5.41, 5.74) is 0. The monoisotopic (exact) mass is 181 g/mol. The van der Waals surface area contributed by atoms with Crippen molar-refractivity contribution in [2.24, 2.45) is 0 Å². The van der Waals surface area contributed by atoms with E-state index >= 15 is 0 Å². The molecular formula is C10H13O3. The van der Waals surface area contributed by atoms with E-state index in [2.05, 4.69) is 6.92 Å². The van der Waals surface area contributed by atoms with E-state index < -0.39 is 0 Å². The lowest BCUT2D eigenvalue weighted by Crippen LogP contribution is -1.96. The molecule has 0 heterocycles. The van der Waals surface area contributed by atoms with Crippen LogP contribution in [0.4, 0.5) is 0 Å². The van der Waals surface area contributed by atoms with Gasteiger partial charge in [0.2, 0.25) is 0 Å². The van der Waals surface area contributed by atoms with Gasteiger partial charge in [0.1, 0.15) is 5.75 Å². The van der Waals surface area contributed by atoms with Gasteiger partial charge < -0.3 is 14.2 Å². The minimum absolute atomic E-state index is 0.365. The minimum Gasteiger partial charge on any atom is -0.497 e. The second-order valence-corrected chi connectivity index (χ2v) is 2.37. The summed E-state index contributed by atoms with van der Waals surface area (Å²) in [6.07, 6.45) is 0. The van der Waals surface area contributed by atoms with Crippen molar-refractivity contribution in [3.63, 3.8) is 0 Å². The zero-order valence-corrected chi connectivity index (χ0v) is 7.87. The van der Waals surface area contributed by atoms with Gasteiger partial charge in [-0.15, -0.1) is 0 Å². The van der Waals surface area contributed by atoms with Crippen molar-refractivity contribution in [1.82, 2.24) is 0 Å². The third-order valence-electron chi connectivity index (χ3n) is 1.63. The van der Waals surface area contributed by atoms with Gasteiger partial charge in [-0.05, 0) is 19.1 Å². The smallest absolute Gasteiger partial charge is 0.164 e. The van der Waals surface area contributed by atoms with Gasteiger partial charge in [-0.25, -0.2) is 0 Å². The van der Waals surface area contributed by atoms with E-state index in [-0.39, 0.29) is 0 Å². The molecule has 71 valence electrons. The Morgan fingerprint density at radius 3 is 2.46 bits per heavy atom. The Kier molecular flexibility index (Phi) is 3.43. The van der Waals surface area contributed by atoms with Gasteiger partial charge in [0.15, 0.2) is 11.5 Å². The molecule has 0 aliphatic carbocycles. The van der Waals surface area contributed by atoms with E-state index in [1.54, 1.807) is 26.4 Å². The molecule has 1 radical (unpaired) electrons. The van der Waals surface area contributed by atoms with Crippen molar-refractivity contribution in [2.75, 3.05) is 20.8 Å². The predicted octanol–water partition coefficient (Wildman–Crippen LogP) is 1.92. The van der Waals surface area contributed by atoms with E-state index in [1.807, 2.05) is 6.07 Å². The van der Waals surface area contributed by atoms with Gasteiger partial charge in [-0.2, -0.15) is 0 Å². The molecule has 0 aliphatic rings. The molecule has 0 saturated carbocycles. The summed E-state index contributed by atoms with van der Waals surface area (Å²) >= 11 is 0. The molecule has 0 amide bonds. The topological polar surface area (TPSA) is 27.7 Å². The first kappa shape index (κ1) is 9.71. The van der Waals surface area contributed by atoms with Crippen LogP contribution in [0.2, 0.25) is 0 Å². The Morgan fingerprint density at radius 2 is 1.92 bits per heavy atom.